The molecule has 0 aromatic carbocycles. The van der Waals surface area contributed by atoms with E-state index < -0.39 is 0 Å². The Hall–Kier alpha value is -0.0800. The van der Waals surface area contributed by atoms with Crippen molar-refractivity contribution in [1.29, 1.82) is 0 Å². The van der Waals surface area contributed by atoms with Gasteiger partial charge >= 0.3 is 0 Å². The largest absolute Gasteiger partial charge is 0.330 e. The van der Waals surface area contributed by atoms with Gasteiger partial charge in [-0.05, 0) is 50.7 Å². The molecule has 2 N–H and O–H groups in total. The summed E-state index contributed by atoms with van der Waals surface area (Å²) < 4.78 is 0. The van der Waals surface area contributed by atoms with Crippen molar-refractivity contribution in [3.63, 3.8) is 0 Å². The first kappa shape index (κ1) is 7.56. The van der Waals surface area contributed by atoms with Crippen LogP contribution >= 0.6 is 0 Å². The number of likely N-dealkylation sites (tertiary alicyclic amines) is 1. The predicted molar refractivity (Wildman–Crippen MR) is 46.3 cm³/mol. The second kappa shape index (κ2) is 2.76. The highest BCUT2D eigenvalue weighted by Crippen LogP contribution is 2.46. The zero-order valence-electron chi connectivity index (χ0n) is 7.29. The van der Waals surface area contributed by atoms with Crippen molar-refractivity contribution in [2.45, 2.75) is 12.8 Å². The van der Waals surface area contributed by atoms with Crippen molar-refractivity contribution in [2.75, 3.05) is 26.7 Å². The van der Waals surface area contributed by atoms with Gasteiger partial charge in [0.15, 0.2) is 0 Å². The van der Waals surface area contributed by atoms with Gasteiger partial charge in [0, 0.05) is 6.54 Å². The summed E-state index contributed by atoms with van der Waals surface area (Å²) in [5, 5.41) is 0. The standard InChI is InChI=1S/C9H18N2/c1-11-3-2-7(6-11)9-4-8(9)5-10/h7-9H,2-6,10H2,1H3. The smallest absolute Gasteiger partial charge is 0.000985 e. The average Bonchev–Trinajstić information content (AvgIpc) is 2.68. The minimum atomic E-state index is 0.881. The Balaban J connectivity index is 1.80. The first-order valence-electron chi connectivity index (χ1n) is 4.70. The molecular formula is C9H18N2. The molecule has 2 fully saturated rings. The van der Waals surface area contributed by atoms with Gasteiger partial charge in [-0.15, -0.1) is 0 Å². The van der Waals surface area contributed by atoms with Gasteiger partial charge in [0.2, 0.25) is 0 Å². The molecule has 1 saturated heterocycles. The van der Waals surface area contributed by atoms with E-state index in [-0.39, 0.29) is 0 Å². The van der Waals surface area contributed by atoms with Crippen molar-refractivity contribution in [2.24, 2.45) is 23.5 Å². The molecule has 0 aromatic heterocycles. The summed E-state index contributed by atoms with van der Waals surface area (Å²) in [4.78, 5) is 2.44. The molecule has 0 amide bonds. The Bertz CT molecular complexity index is 146. The lowest BCUT2D eigenvalue weighted by Gasteiger charge is -2.08. The third-order valence-corrected chi connectivity index (χ3v) is 3.31. The van der Waals surface area contributed by atoms with E-state index in [4.69, 9.17) is 5.73 Å². The van der Waals surface area contributed by atoms with Crippen molar-refractivity contribution < 1.29 is 0 Å². The van der Waals surface area contributed by atoms with Crippen LogP contribution in [0, 0.1) is 17.8 Å². The van der Waals surface area contributed by atoms with E-state index >= 15 is 0 Å². The summed E-state index contributed by atoms with van der Waals surface area (Å²) in [6, 6.07) is 0. The molecular weight excluding hydrogens is 136 g/mol. The third kappa shape index (κ3) is 1.42. The molecule has 1 saturated carbocycles. The Labute approximate surface area is 68.7 Å². The molecule has 0 aromatic rings. The van der Waals surface area contributed by atoms with Crippen LogP contribution in [0.25, 0.3) is 0 Å². The van der Waals surface area contributed by atoms with Crippen LogP contribution in [0.2, 0.25) is 0 Å². The Morgan fingerprint density at radius 1 is 1.55 bits per heavy atom. The zero-order valence-corrected chi connectivity index (χ0v) is 7.29. The maximum Gasteiger partial charge on any atom is 0.000985 e. The summed E-state index contributed by atoms with van der Waals surface area (Å²) >= 11 is 0. The minimum absolute atomic E-state index is 0.881. The van der Waals surface area contributed by atoms with Gasteiger partial charge < -0.3 is 10.6 Å². The number of nitrogens with zero attached hydrogens (tertiary/aromatic N) is 1. The highest BCUT2D eigenvalue weighted by Gasteiger charge is 2.43. The molecule has 2 rings (SSSR count). The Morgan fingerprint density at radius 3 is 2.82 bits per heavy atom. The number of hydrogen-bond donors (Lipinski definition) is 1. The van der Waals surface area contributed by atoms with Crippen LogP contribution in [-0.4, -0.2) is 31.6 Å². The van der Waals surface area contributed by atoms with Crippen LogP contribution in [0.3, 0.4) is 0 Å². The lowest BCUT2D eigenvalue weighted by atomic mass is 10.0. The minimum Gasteiger partial charge on any atom is -0.330 e. The maximum absolute atomic E-state index is 5.61. The highest BCUT2D eigenvalue weighted by atomic mass is 15.1. The van der Waals surface area contributed by atoms with Crippen molar-refractivity contribution in [3.05, 3.63) is 0 Å². The van der Waals surface area contributed by atoms with Crippen LogP contribution in [0.4, 0.5) is 0 Å². The molecule has 2 heteroatoms. The number of rotatable bonds is 2. The van der Waals surface area contributed by atoms with Crippen LogP contribution in [-0.2, 0) is 0 Å². The van der Waals surface area contributed by atoms with Crippen molar-refractivity contribution in [1.82, 2.24) is 4.90 Å². The lowest BCUT2D eigenvalue weighted by Crippen LogP contribution is -2.16. The Morgan fingerprint density at radius 2 is 2.36 bits per heavy atom. The van der Waals surface area contributed by atoms with Crippen LogP contribution < -0.4 is 5.73 Å². The second-order valence-electron chi connectivity index (χ2n) is 4.21. The topological polar surface area (TPSA) is 29.3 Å². The summed E-state index contributed by atoms with van der Waals surface area (Å²) in [6.07, 6.45) is 2.83. The normalized spacial score (nSPS) is 44.7. The zero-order chi connectivity index (χ0) is 7.84. The predicted octanol–water partition coefficient (Wildman–Crippen LogP) is 0.533. The lowest BCUT2D eigenvalue weighted by molar-refractivity contribution is 0.374. The van der Waals surface area contributed by atoms with Gasteiger partial charge in [-0.2, -0.15) is 0 Å². The number of nitrogens with two attached hydrogens (primary N) is 1. The van der Waals surface area contributed by atoms with Crippen molar-refractivity contribution in [3.8, 4) is 0 Å². The monoisotopic (exact) mass is 154 g/mol. The van der Waals surface area contributed by atoms with Crippen LogP contribution in [0.15, 0.2) is 0 Å². The van der Waals surface area contributed by atoms with Crippen LogP contribution in [0.5, 0.6) is 0 Å². The molecule has 2 aliphatic rings. The second-order valence-corrected chi connectivity index (χ2v) is 4.21. The molecule has 1 heterocycles. The van der Waals surface area contributed by atoms with Gasteiger partial charge in [0.05, 0.1) is 0 Å². The summed E-state index contributed by atoms with van der Waals surface area (Å²) in [5.74, 6) is 2.85. The van der Waals surface area contributed by atoms with E-state index in [0.717, 1.165) is 24.3 Å². The maximum atomic E-state index is 5.61. The fraction of sp³-hybridized carbons (Fsp3) is 1.00. The SMILES string of the molecule is CN1CCC(C2CC2CN)C1. The molecule has 0 bridgehead atoms. The number of hydrogen-bond acceptors (Lipinski definition) is 2. The molecule has 0 spiro atoms. The fourth-order valence-corrected chi connectivity index (χ4v) is 2.44. The van der Waals surface area contributed by atoms with Crippen molar-refractivity contribution >= 4 is 0 Å². The van der Waals surface area contributed by atoms with E-state index in [2.05, 4.69) is 11.9 Å². The van der Waals surface area contributed by atoms with E-state index in [1.807, 2.05) is 0 Å². The molecule has 1 aliphatic carbocycles. The van der Waals surface area contributed by atoms with Gasteiger partial charge in [-0.25, -0.2) is 0 Å². The molecule has 3 atom stereocenters. The molecule has 1 aliphatic heterocycles. The third-order valence-electron chi connectivity index (χ3n) is 3.31. The average molecular weight is 154 g/mol. The summed E-state index contributed by atoms with van der Waals surface area (Å²) in [5.41, 5.74) is 5.61. The summed E-state index contributed by atoms with van der Waals surface area (Å²) in [6.45, 7) is 3.55. The van der Waals surface area contributed by atoms with Gasteiger partial charge in [0.25, 0.3) is 0 Å². The van der Waals surface area contributed by atoms with E-state index in [1.165, 1.54) is 25.9 Å². The molecule has 0 radical (unpaired) electrons. The molecule has 2 nitrogen and oxygen atoms in total. The molecule has 64 valence electrons. The van der Waals surface area contributed by atoms with E-state index in [0.29, 0.717) is 0 Å². The fourth-order valence-electron chi connectivity index (χ4n) is 2.44. The summed E-state index contributed by atoms with van der Waals surface area (Å²) in [7, 11) is 2.22. The first-order chi connectivity index (χ1) is 5.31. The first-order valence-corrected chi connectivity index (χ1v) is 4.70. The quantitative estimate of drug-likeness (QED) is 0.629. The van der Waals surface area contributed by atoms with Crippen LogP contribution in [0.1, 0.15) is 12.8 Å². The molecule has 3 unspecified atom stereocenters. The highest BCUT2D eigenvalue weighted by molar-refractivity contribution is 4.94. The van der Waals surface area contributed by atoms with Gasteiger partial charge in [0.1, 0.15) is 0 Å². The van der Waals surface area contributed by atoms with E-state index in [1.54, 1.807) is 0 Å². The van der Waals surface area contributed by atoms with Gasteiger partial charge in [-0.1, -0.05) is 0 Å². The van der Waals surface area contributed by atoms with E-state index in [9.17, 15) is 0 Å². The molecule has 11 heavy (non-hydrogen) atoms. The van der Waals surface area contributed by atoms with Gasteiger partial charge in [-0.3, -0.25) is 0 Å². The Kier molecular flexibility index (Phi) is 1.90.